The van der Waals surface area contributed by atoms with Crippen molar-refractivity contribution in [2.45, 2.75) is 31.6 Å². The van der Waals surface area contributed by atoms with Crippen molar-refractivity contribution in [3.8, 4) is 55.6 Å². The summed E-state index contributed by atoms with van der Waals surface area (Å²) in [5, 5.41) is 3.27. The molecule has 6 aromatic carbocycles. The fourth-order valence-electron chi connectivity index (χ4n) is 9.07. The van der Waals surface area contributed by atoms with E-state index in [-0.39, 0.29) is 5.41 Å². The van der Waals surface area contributed by atoms with Crippen molar-refractivity contribution in [3.63, 3.8) is 0 Å². The summed E-state index contributed by atoms with van der Waals surface area (Å²) in [5.41, 5.74) is 21.5. The Morgan fingerprint density at radius 1 is 0.544 bits per heavy atom. The number of nitrogens with zero attached hydrogens (tertiary/aromatic N) is 1. The summed E-state index contributed by atoms with van der Waals surface area (Å²) in [5.74, 6) is 0.296. The van der Waals surface area contributed by atoms with Gasteiger partial charge in [-0.05, 0) is 162 Å². The minimum atomic E-state index is -0.0728. The summed E-state index contributed by atoms with van der Waals surface area (Å²) in [6, 6.07) is 54.5. The number of hydrogen-bond acceptors (Lipinski definition) is 2. The SMILES string of the molecule is CC1(C)c2ccccc2-c2ccc(-c3cc(-c4cccc(-c5cccc(C6=CCNC=C6)c5)c4)cc(-c4cccc(C5C=CC=C(c6ccncc6)C5)c4)c3)cc21. The molecule has 2 aliphatic carbocycles. The van der Waals surface area contributed by atoms with E-state index in [0.29, 0.717) is 5.92 Å². The second kappa shape index (κ2) is 14.4. The molecular weight excluding hydrogens is 689 g/mol. The van der Waals surface area contributed by atoms with E-state index < -0.39 is 0 Å². The molecule has 0 saturated heterocycles. The third-order valence-electron chi connectivity index (χ3n) is 12.2. The van der Waals surface area contributed by atoms with Crippen LogP contribution >= 0.6 is 0 Å². The first kappa shape index (κ1) is 34.7. The third kappa shape index (κ3) is 6.58. The fraction of sp³-hybridized carbons (Fsp3) is 0.109. The van der Waals surface area contributed by atoms with Crippen molar-refractivity contribution in [2.75, 3.05) is 6.54 Å². The number of rotatable bonds is 7. The molecule has 1 atom stereocenters. The van der Waals surface area contributed by atoms with Gasteiger partial charge in [0.25, 0.3) is 0 Å². The van der Waals surface area contributed by atoms with Gasteiger partial charge in [-0.25, -0.2) is 0 Å². The summed E-state index contributed by atoms with van der Waals surface area (Å²) in [7, 11) is 0. The maximum atomic E-state index is 4.24. The highest BCUT2D eigenvalue weighted by Crippen LogP contribution is 2.50. The maximum absolute atomic E-state index is 4.24. The molecule has 274 valence electrons. The number of aromatic nitrogens is 1. The molecule has 1 unspecified atom stereocenters. The quantitative estimate of drug-likeness (QED) is 0.176. The van der Waals surface area contributed by atoms with Crippen LogP contribution in [0.15, 0.2) is 195 Å². The van der Waals surface area contributed by atoms with Crippen molar-refractivity contribution in [3.05, 3.63) is 222 Å². The van der Waals surface area contributed by atoms with Crippen LogP contribution in [0.2, 0.25) is 0 Å². The van der Waals surface area contributed by atoms with Gasteiger partial charge in [-0.15, -0.1) is 0 Å². The molecule has 0 radical (unpaired) electrons. The average molecular weight is 733 g/mol. The Morgan fingerprint density at radius 2 is 1.16 bits per heavy atom. The molecule has 2 nitrogen and oxygen atoms in total. The minimum Gasteiger partial charge on any atom is -0.387 e. The molecule has 0 saturated carbocycles. The smallest absolute Gasteiger partial charge is 0.0334 e. The van der Waals surface area contributed by atoms with Gasteiger partial charge in [-0.1, -0.05) is 135 Å². The van der Waals surface area contributed by atoms with E-state index in [1.165, 1.54) is 94.6 Å². The van der Waals surface area contributed by atoms with E-state index in [2.05, 4.69) is 200 Å². The Balaban J connectivity index is 1.07. The molecule has 0 bridgehead atoms. The Hall–Kier alpha value is -6.77. The van der Waals surface area contributed by atoms with Gasteiger partial charge < -0.3 is 5.32 Å². The van der Waals surface area contributed by atoms with Crippen LogP contribution in [0.5, 0.6) is 0 Å². The van der Waals surface area contributed by atoms with Crippen LogP contribution in [0.1, 0.15) is 54.0 Å². The van der Waals surface area contributed by atoms with Crippen LogP contribution in [0, 0.1) is 0 Å². The van der Waals surface area contributed by atoms with Gasteiger partial charge in [0.05, 0.1) is 0 Å². The molecule has 57 heavy (non-hydrogen) atoms. The first-order valence-electron chi connectivity index (χ1n) is 20.1. The zero-order chi connectivity index (χ0) is 38.3. The minimum absolute atomic E-state index is 0.0728. The Bertz CT molecular complexity index is 2790. The number of fused-ring (bicyclic) bond motifs is 3. The van der Waals surface area contributed by atoms with Crippen LogP contribution in [0.4, 0.5) is 0 Å². The standard InChI is InChI=1S/C55H44N2/c1-55(2)53-18-4-3-17-51(53)52-20-19-47(36-54(52)55)50-34-48(45-15-7-13-43(31-45)41-11-5-9-39(29-41)37-21-25-56-26-22-37)33-49(35-50)46-16-8-14-44(32-46)42-12-6-10-40(30-42)38-23-27-57-28-24-38/h3-27,30-36,41,57H,28-29H2,1-2H3. The van der Waals surface area contributed by atoms with Crippen LogP contribution in [0.3, 0.4) is 0 Å². The van der Waals surface area contributed by atoms with Crippen LogP contribution in [-0.2, 0) is 5.41 Å². The number of nitrogens with one attached hydrogen (secondary N) is 1. The number of hydrogen-bond donors (Lipinski definition) is 1. The van der Waals surface area contributed by atoms with Gasteiger partial charge in [0.1, 0.15) is 0 Å². The first-order valence-corrected chi connectivity index (χ1v) is 20.1. The maximum Gasteiger partial charge on any atom is 0.0334 e. The summed E-state index contributed by atoms with van der Waals surface area (Å²) in [6.07, 6.45) is 18.0. The van der Waals surface area contributed by atoms with Gasteiger partial charge in [0.15, 0.2) is 0 Å². The number of allylic oxidation sites excluding steroid dienone is 6. The van der Waals surface area contributed by atoms with Gasteiger partial charge in [-0.2, -0.15) is 0 Å². The van der Waals surface area contributed by atoms with E-state index in [0.717, 1.165) is 13.0 Å². The highest BCUT2D eigenvalue weighted by Gasteiger charge is 2.35. The Labute approximate surface area is 336 Å². The van der Waals surface area contributed by atoms with Gasteiger partial charge in [-0.3, -0.25) is 4.98 Å². The lowest BCUT2D eigenvalue weighted by atomic mass is 9.81. The van der Waals surface area contributed by atoms with Crippen molar-refractivity contribution in [2.24, 2.45) is 0 Å². The van der Waals surface area contributed by atoms with E-state index in [1.807, 2.05) is 18.6 Å². The summed E-state index contributed by atoms with van der Waals surface area (Å²) in [6.45, 7) is 5.58. The zero-order valence-corrected chi connectivity index (χ0v) is 32.4. The average Bonchev–Trinajstić information content (AvgIpc) is 3.52. The lowest BCUT2D eigenvalue weighted by Gasteiger charge is -2.22. The molecule has 1 N–H and O–H groups in total. The second-order valence-corrected chi connectivity index (χ2v) is 16.0. The molecule has 3 aliphatic rings. The predicted octanol–water partition coefficient (Wildman–Crippen LogP) is 13.7. The van der Waals surface area contributed by atoms with Crippen molar-refractivity contribution in [1.29, 1.82) is 0 Å². The highest BCUT2D eigenvalue weighted by molar-refractivity contribution is 5.87. The van der Waals surface area contributed by atoms with Gasteiger partial charge >= 0.3 is 0 Å². The molecule has 1 aliphatic heterocycles. The molecule has 2 heteroatoms. The lowest BCUT2D eigenvalue weighted by molar-refractivity contribution is 0.660. The summed E-state index contributed by atoms with van der Waals surface area (Å²) in [4.78, 5) is 4.24. The number of benzene rings is 6. The first-order chi connectivity index (χ1) is 28.0. The van der Waals surface area contributed by atoms with Crippen LogP contribution in [0.25, 0.3) is 66.8 Å². The summed E-state index contributed by atoms with van der Waals surface area (Å²) >= 11 is 0. The molecule has 7 aromatic rings. The molecule has 0 spiro atoms. The third-order valence-corrected chi connectivity index (χ3v) is 12.2. The van der Waals surface area contributed by atoms with Gasteiger partial charge in [0, 0.05) is 30.3 Å². The molecule has 1 aromatic heterocycles. The van der Waals surface area contributed by atoms with E-state index in [1.54, 1.807) is 0 Å². The van der Waals surface area contributed by atoms with Crippen LogP contribution < -0.4 is 5.32 Å². The topological polar surface area (TPSA) is 24.9 Å². The molecule has 10 rings (SSSR count). The van der Waals surface area contributed by atoms with E-state index in [9.17, 15) is 0 Å². The Morgan fingerprint density at radius 3 is 1.89 bits per heavy atom. The monoisotopic (exact) mass is 732 g/mol. The highest BCUT2D eigenvalue weighted by atomic mass is 14.8. The van der Waals surface area contributed by atoms with Crippen molar-refractivity contribution in [1.82, 2.24) is 10.3 Å². The lowest BCUT2D eigenvalue weighted by Crippen LogP contribution is -2.14. The molecule has 2 heterocycles. The van der Waals surface area contributed by atoms with Crippen molar-refractivity contribution >= 4 is 11.1 Å². The second-order valence-electron chi connectivity index (χ2n) is 16.0. The zero-order valence-electron chi connectivity index (χ0n) is 32.4. The van der Waals surface area contributed by atoms with Crippen molar-refractivity contribution < 1.29 is 0 Å². The fourth-order valence-corrected chi connectivity index (χ4v) is 9.07. The normalized spacial score (nSPS) is 16.3. The Kier molecular flexibility index (Phi) is 8.76. The number of pyridine rings is 1. The number of dihydropyridines is 1. The molecule has 0 fully saturated rings. The largest absolute Gasteiger partial charge is 0.387 e. The predicted molar refractivity (Wildman–Crippen MR) is 240 cm³/mol. The van der Waals surface area contributed by atoms with E-state index in [4.69, 9.17) is 0 Å². The summed E-state index contributed by atoms with van der Waals surface area (Å²) < 4.78 is 0. The van der Waals surface area contributed by atoms with Gasteiger partial charge in [0.2, 0.25) is 0 Å². The van der Waals surface area contributed by atoms with E-state index >= 15 is 0 Å². The van der Waals surface area contributed by atoms with Crippen LogP contribution in [-0.4, -0.2) is 11.5 Å². The molecule has 0 amide bonds. The molecular formula is C55H44N2.